The molecule has 8 nitrogen and oxygen atoms in total. The number of nitrogens with zero attached hydrogens (tertiary/aromatic N) is 3. The van der Waals surface area contributed by atoms with Crippen LogP contribution in [0.3, 0.4) is 0 Å². The van der Waals surface area contributed by atoms with Gasteiger partial charge in [-0.15, -0.1) is 10.2 Å². The summed E-state index contributed by atoms with van der Waals surface area (Å²) in [4.78, 5) is 11.6. The number of carbonyl (C=O) groups excluding carboxylic acids is 1. The van der Waals surface area contributed by atoms with Gasteiger partial charge in [-0.05, 0) is 23.4 Å². The van der Waals surface area contributed by atoms with Gasteiger partial charge in [-0.1, -0.05) is 0 Å². The first kappa shape index (κ1) is 10.9. The molecule has 1 aromatic carbocycles. The Hall–Kier alpha value is -2.64. The van der Waals surface area contributed by atoms with E-state index in [0.717, 1.165) is 0 Å². The van der Waals surface area contributed by atoms with Gasteiger partial charge in [-0.2, -0.15) is 5.21 Å². The molecule has 0 spiro atoms. The highest BCUT2D eigenvalue weighted by atomic mass is 16.5. The van der Waals surface area contributed by atoms with Gasteiger partial charge in [-0.25, -0.2) is 0 Å². The molecule has 0 aliphatic carbocycles. The monoisotopic (exact) mass is 234 g/mol. The molecule has 0 saturated carbocycles. The number of nitrogen functional groups attached to an aromatic ring is 1. The minimum Gasteiger partial charge on any atom is -0.495 e. The van der Waals surface area contributed by atoms with Crippen molar-refractivity contribution in [2.24, 2.45) is 0 Å². The smallest absolute Gasteiger partial charge is 0.297 e. The zero-order chi connectivity index (χ0) is 12.3. The van der Waals surface area contributed by atoms with Crippen molar-refractivity contribution in [2.45, 2.75) is 0 Å². The molecule has 2 aromatic rings. The summed E-state index contributed by atoms with van der Waals surface area (Å²) < 4.78 is 5.00. The molecular weight excluding hydrogens is 224 g/mol. The van der Waals surface area contributed by atoms with Crippen molar-refractivity contribution < 1.29 is 9.53 Å². The zero-order valence-corrected chi connectivity index (χ0v) is 8.97. The molecule has 0 unspecified atom stereocenters. The molecule has 1 amide bonds. The first-order valence-electron chi connectivity index (χ1n) is 4.69. The lowest BCUT2D eigenvalue weighted by Gasteiger charge is -2.07. The molecule has 8 heteroatoms. The Labute approximate surface area is 96.2 Å². The lowest BCUT2D eigenvalue weighted by Crippen LogP contribution is -2.14. The van der Waals surface area contributed by atoms with Crippen molar-refractivity contribution in [1.29, 1.82) is 0 Å². The van der Waals surface area contributed by atoms with Crippen molar-refractivity contribution in [2.75, 3.05) is 18.2 Å². The third-order valence-electron chi connectivity index (χ3n) is 2.04. The number of ether oxygens (including phenoxy) is 1. The number of nitrogens with two attached hydrogens (primary N) is 1. The fourth-order valence-corrected chi connectivity index (χ4v) is 1.26. The van der Waals surface area contributed by atoms with E-state index < -0.39 is 5.91 Å². The van der Waals surface area contributed by atoms with Gasteiger partial charge in [0, 0.05) is 5.69 Å². The van der Waals surface area contributed by atoms with Crippen LogP contribution >= 0.6 is 0 Å². The number of rotatable bonds is 3. The molecule has 0 aliphatic rings. The van der Waals surface area contributed by atoms with Gasteiger partial charge in [0.2, 0.25) is 0 Å². The van der Waals surface area contributed by atoms with E-state index in [0.29, 0.717) is 17.1 Å². The molecule has 2 rings (SSSR count). The molecule has 1 heterocycles. The predicted octanol–water partition coefficient (Wildman–Crippen LogP) is 0.0428. The highest BCUT2D eigenvalue weighted by Gasteiger charge is 2.11. The second-order valence-electron chi connectivity index (χ2n) is 3.15. The number of benzene rings is 1. The number of hydrogen-bond donors (Lipinski definition) is 3. The fraction of sp³-hybridized carbons (Fsp3) is 0.111. The quantitative estimate of drug-likeness (QED) is 0.645. The van der Waals surface area contributed by atoms with Crippen LogP contribution < -0.4 is 15.8 Å². The van der Waals surface area contributed by atoms with Crippen LogP contribution in [0, 0.1) is 0 Å². The second kappa shape index (κ2) is 4.47. The minimum absolute atomic E-state index is 0.0422. The predicted molar refractivity (Wildman–Crippen MR) is 59.5 cm³/mol. The number of hydrogen-bond acceptors (Lipinski definition) is 6. The molecule has 0 bridgehead atoms. The average Bonchev–Trinajstić information content (AvgIpc) is 2.82. The summed E-state index contributed by atoms with van der Waals surface area (Å²) in [7, 11) is 1.52. The van der Waals surface area contributed by atoms with Crippen LogP contribution in [0.15, 0.2) is 18.2 Å². The number of nitrogens with one attached hydrogen (secondary N) is 2. The molecule has 4 N–H and O–H groups in total. The molecule has 1 aromatic heterocycles. The number of tetrazole rings is 1. The van der Waals surface area contributed by atoms with E-state index in [2.05, 4.69) is 25.9 Å². The van der Waals surface area contributed by atoms with E-state index >= 15 is 0 Å². The van der Waals surface area contributed by atoms with Gasteiger partial charge >= 0.3 is 0 Å². The van der Waals surface area contributed by atoms with E-state index in [1.807, 2.05) is 0 Å². The van der Waals surface area contributed by atoms with Gasteiger partial charge in [0.25, 0.3) is 11.7 Å². The van der Waals surface area contributed by atoms with Crippen LogP contribution in [0.2, 0.25) is 0 Å². The molecular formula is C9H10N6O2. The van der Waals surface area contributed by atoms with E-state index in [1.165, 1.54) is 7.11 Å². The van der Waals surface area contributed by atoms with Crippen LogP contribution in [-0.2, 0) is 0 Å². The Morgan fingerprint density at radius 3 is 2.94 bits per heavy atom. The summed E-state index contributed by atoms with van der Waals surface area (Å²) in [5.41, 5.74) is 6.66. The van der Waals surface area contributed by atoms with Gasteiger partial charge in [0.05, 0.1) is 12.8 Å². The van der Waals surface area contributed by atoms with E-state index in [-0.39, 0.29) is 5.82 Å². The standard InChI is InChI=1S/C9H10N6O2/c1-17-7-3-2-5(4-6(7)10)11-9(16)8-12-14-15-13-8/h2-4H,10H2,1H3,(H,11,16)(H,12,13,14,15). The molecule has 0 fully saturated rings. The van der Waals surface area contributed by atoms with E-state index in [1.54, 1.807) is 18.2 Å². The van der Waals surface area contributed by atoms with Crippen molar-refractivity contribution in [1.82, 2.24) is 20.6 Å². The van der Waals surface area contributed by atoms with Crippen LogP contribution in [0.25, 0.3) is 0 Å². The number of carbonyl (C=O) groups is 1. The molecule has 17 heavy (non-hydrogen) atoms. The maximum atomic E-state index is 11.6. The normalized spacial score (nSPS) is 9.94. The molecule has 0 saturated heterocycles. The summed E-state index contributed by atoms with van der Waals surface area (Å²) in [6.45, 7) is 0. The van der Waals surface area contributed by atoms with E-state index in [9.17, 15) is 4.79 Å². The third-order valence-corrected chi connectivity index (χ3v) is 2.04. The highest BCUT2D eigenvalue weighted by Crippen LogP contribution is 2.24. The van der Waals surface area contributed by atoms with Crippen molar-refractivity contribution in [3.8, 4) is 5.75 Å². The summed E-state index contributed by atoms with van der Waals surface area (Å²) in [6.07, 6.45) is 0. The van der Waals surface area contributed by atoms with Gasteiger partial charge in [0.1, 0.15) is 5.75 Å². The number of anilines is 2. The molecule has 0 aliphatic heterocycles. The van der Waals surface area contributed by atoms with E-state index in [4.69, 9.17) is 10.5 Å². The summed E-state index contributed by atoms with van der Waals surface area (Å²) in [5, 5.41) is 15.2. The largest absolute Gasteiger partial charge is 0.495 e. The topological polar surface area (TPSA) is 119 Å². The SMILES string of the molecule is COc1ccc(NC(=O)c2nn[nH]n2)cc1N. The molecule has 0 radical (unpaired) electrons. The number of amides is 1. The lowest BCUT2D eigenvalue weighted by atomic mass is 10.2. The van der Waals surface area contributed by atoms with Crippen LogP contribution in [0.5, 0.6) is 5.75 Å². The summed E-state index contributed by atoms with van der Waals surface area (Å²) >= 11 is 0. The van der Waals surface area contributed by atoms with Crippen molar-refractivity contribution in [3.05, 3.63) is 24.0 Å². The Kier molecular flexibility index (Phi) is 2.86. The van der Waals surface area contributed by atoms with Gasteiger partial charge in [-0.3, -0.25) is 4.79 Å². The lowest BCUT2D eigenvalue weighted by molar-refractivity contribution is 0.101. The highest BCUT2D eigenvalue weighted by molar-refractivity contribution is 6.01. The summed E-state index contributed by atoms with van der Waals surface area (Å²) in [5.74, 6) is 0.0327. The zero-order valence-electron chi connectivity index (χ0n) is 8.97. The first-order chi connectivity index (χ1) is 8.20. The number of aromatic nitrogens is 4. The van der Waals surface area contributed by atoms with Gasteiger partial charge < -0.3 is 15.8 Å². The second-order valence-corrected chi connectivity index (χ2v) is 3.15. The van der Waals surface area contributed by atoms with Crippen LogP contribution in [0.1, 0.15) is 10.6 Å². The Morgan fingerprint density at radius 1 is 1.53 bits per heavy atom. The third kappa shape index (κ3) is 2.30. The maximum absolute atomic E-state index is 11.6. The van der Waals surface area contributed by atoms with Crippen LogP contribution in [0.4, 0.5) is 11.4 Å². The Morgan fingerprint density at radius 2 is 2.35 bits per heavy atom. The number of aromatic amines is 1. The number of methoxy groups -OCH3 is 1. The van der Waals surface area contributed by atoms with Crippen molar-refractivity contribution in [3.63, 3.8) is 0 Å². The Bertz CT molecular complexity index is 524. The van der Waals surface area contributed by atoms with Crippen LogP contribution in [-0.4, -0.2) is 33.6 Å². The first-order valence-corrected chi connectivity index (χ1v) is 4.69. The Balaban J connectivity index is 2.14. The van der Waals surface area contributed by atoms with Crippen molar-refractivity contribution >= 4 is 17.3 Å². The molecule has 88 valence electrons. The minimum atomic E-state index is -0.469. The molecule has 0 atom stereocenters. The average molecular weight is 234 g/mol. The summed E-state index contributed by atoms with van der Waals surface area (Å²) in [6, 6.07) is 4.89. The number of H-pyrrole nitrogens is 1. The maximum Gasteiger partial charge on any atom is 0.297 e. The van der Waals surface area contributed by atoms with Gasteiger partial charge in [0.15, 0.2) is 0 Å². The fourth-order valence-electron chi connectivity index (χ4n) is 1.26.